The summed E-state index contributed by atoms with van der Waals surface area (Å²) in [6.07, 6.45) is 3.26. The molecule has 2 fully saturated rings. The van der Waals surface area contributed by atoms with Crippen molar-refractivity contribution in [2.75, 3.05) is 6.54 Å². The van der Waals surface area contributed by atoms with Crippen LogP contribution in [0.25, 0.3) is 0 Å². The minimum Gasteiger partial charge on any atom is -0.481 e. The first-order chi connectivity index (χ1) is 8.93. The number of hydrogen-bond acceptors (Lipinski definition) is 3. The van der Waals surface area contributed by atoms with Gasteiger partial charge in [-0.15, -0.1) is 0 Å². The lowest BCUT2D eigenvalue weighted by Gasteiger charge is -2.38. The molecule has 1 aliphatic heterocycles. The van der Waals surface area contributed by atoms with Crippen molar-refractivity contribution >= 4 is 17.8 Å². The largest absolute Gasteiger partial charge is 0.481 e. The average Bonchev–Trinajstić information content (AvgIpc) is 2.79. The van der Waals surface area contributed by atoms with Gasteiger partial charge in [0.1, 0.15) is 0 Å². The van der Waals surface area contributed by atoms with Gasteiger partial charge in [0.2, 0.25) is 11.8 Å². The molecule has 6 heteroatoms. The molecule has 2 amide bonds. The van der Waals surface area contributed by atoms with E-state index >= 15 is 0 Å². The van der Waals surface area contributed by atoms with Gasteiger partial charge in [-0.3, -0.25) is 14.4 Å². The van der Waals surface area contributed by atoms with E-state index in [4.69, 9.17) is 0 Å². The number of nitrogens with one attached hydrogen (secondary N) is 2. The van der Waals surface area contributed by atoms with E-state index in [9.17, 15) is 19.5 Å². The molecule has 1 saturated carbocycles. The summed E-state index contributed by atoms with van der Waals surface area (Å²) in [4.78, 5) is 34.6. The summed E-state index contributed by atoms with van der Waals surface area (Å²) in [7, 11) is 0. The Balaban J connectivity index is 2.02. The summed E-state index contributed by atoms with van der Waals surface area (Å²) in [5.74, 6) is -1.56. The van der Waals surface area contributed by atoms with E-state index in [0.29, 0.717) is 19.4 Å². The van der Waals surface area contributed by atoms with Gasteiger partial charge in [0.25, 0.3) is 0 Å². The standard InChI is InChI=1S/C13H20N2O4/c1-13(12(18)19)5-3-2-4-9(13)15-11(17)8-6-10(16)14-7-8/h8-9H,2-7H2,1H3,(H,14,16)(H,15,17)(H,18,19). The van der Waals surface area contributed by atoms with Gasteiger partial charge >= 0.3 is 5.97 Å². The summed E-state index contributed by atoms with van der Waals surface area (Å²) in [5.41, 5.74) is -0.899. The quantitative estimate of drug-likeness (QED) is 0.684. The molecule has 2 rings (SSSR count). The number of hydrogen-bond donors (Lipinski definition) is 3. The van der Waals surface area contributed by atoms with Gasteiger partial charge in [-0.1, -0.05) is 12.8 Å². The molecule has 0 aromatic heterocycles. The summed E-state index contributed by atoms with van der Waals surface area (Å²) in [5, 5.41) is 14.8. The van der Waals surface area contributed by atoms with Crippen LogP contribution in [-0.4, -0.2) is 35.5 Å². The smallest absolute Gasteiger partial charge is 0.311 e. The first-order valence-corrected chi connectivity index (χ1v) is 6.74. The van der Waals surface area contributed by atoms with Crippen molar-refractivity contribution in [2.45, 2.75) is 45.1 Å². The van der Waals surface area contributed by atoms with Gasteiger partial charge in [-0.05, 0) is 19.8 Å². The molecule has 19 heavy (non-hydrogen) atoms. The molecule has 0 radical (unpaired) electrons. The van der Waals surface area contributed by atoms with Gasteiger partial charge < -0.3 is 15.7 Å². The van der Waals surface area contributed by atoms with Crippen LogP contribution < -0.4 is 10.6 Å². The maximum absolute atomic E-state index is 12.1. The van der Waals surface area contributed by atoms with E-state index in [1.165, 1.54) is 0 Å². The van der Waals surface area contributed by atoms with E-state index in [0.717, 1.165) is 12.8 Å². The van der Waals surface area contributed by atoms with E-state index in [1.54, 1.807) is 6.92 Å². The molecule has 3 atom stereocenters. The second-order valence-corrected chi connectivity index (χ2v) is 5.73. The lowest BCUT2D eigenvalue weighted by molar-refractivity contribution is -0.152. The van der Waals surface area contributed by atoms with Crippen molar-refractivity contribution in [3.8, 4) is 0 Å². The van der Waals surface area contributed by atoms with Crippen LogP contribution in [0.15, 0.2) is 0 Å². The predicted octanol–water partition coefficient (Wildman–Crippen LogP) is 0.272. The van der Waals surface area contributed by atoms with Crippen LogP contribution in [-0.2, 0) is 14.4 Å². The summed E-state index contributed by atoms with van der Waals surface area (Å²) in [6, 6.07) is -0.345. The minimum atomic E-state index is -0.899. The highest BCUT2D eigenvalue weighted by atomic mass is 16.4. The normalized spacial score (nSPS) is 34.7. The Morgan fingerprint density at radius 2 is 2.16 bits per heavy atom. The van der Waals surface area contributed by atoms with Crippen LogP contribution in [0.2, 0.25) is 0 Å². The highest BCUT2D eigenvalue weighted by Crippen LogP contribution is 2.36. The van der Waals surface area contributed by atoms with Gasteiger partial charge in [-0.25, -0.2) is 0 Å². The molecular formula is C13H20N2O4. The zero-order valence-corrected chi connectivity index (χ0v) is 11.1. The van der Waals surface area contributed by atoms with E-state index in [2.05, 4.69) is 10.6 Å². The highest BCUT2D eigenvalue weighted by molar-refractivity contribution is 5.89. The van der Waals surface area contributed by atoms with E-state index in [1.807, 2.05) is 0 Å². The zero-order chi connectivity index (χ0) is 14.0. The van der Waals surface area contributed by atoms with Gasteiger partial charge in [0.05, 0.1) is 11.3 Å². The third kappa shape index (κ3) is 2.72. The van der Waals surface area contributed by atoms with Crippen LogP contribution in [0.4, 0.5) is 0 Å². The molecule has 0 spiro atoms. The number of carboxylic acid groups (broad SMARTS) is 1. The number of carbonyl (C=O) groups is 3. The minimum absolute atomic E-state index is 0.121. The fourth-order valence-corrected chi connectivity index (χ4v) is 2.90. The third-order valence-electron chi connectivity index (χ3n) is 4.36. The van der Waals surface area contributed by atoms with Crippen LogP contribution >= 0.6 is 0 Å². The predicted molar refractivity (Wildman–Crippen MR) is 67.3 cm³/mol. The summed E-state index contributed by atoms with van der Waals surface area (Å²) >= 11 is 0. The van der Waals surface area contributed by atoms with Gasteiger partial charge in [0, 0.05) is 19.0 Å². The number of carbonyl (C=O) groups excluding carboxylic acids is 2. The number of amides is 2. The van der Waals surface area contributed by atoms with Crippen molar-refractivity contribution in [1.29, 1.82) is 0 Å². The van der Waals surface area contributed by atoms with Crippen LogP contribution in [0.1, 0.15) is 39.0 Å². The first kappa shape index (κ1) is 13.8. The lowest BCUT2D eigenvalue weighted by atomic mass is 9.71. The van der Waals surface area contributed by atoms with Crippen molar-refractivity contribution in [3.05, 3.63) is 0 Å². The summed E-state index contributed by atoms with van der Waals surface area (Å²) < 4.78 is 0. The van der Waals surface area contributed by atoms with Crippen LogP contribution in [0, 0.1) is 11.3 Å². The van der Waals surface area contributed by atoms with Crippen molar-refractivity contribution < 1.29 is 19.5 Å². The van der Waals surface area contributed by atoms with Crippen LogP contribution in [0.3, 0.4) is 0 Å². The summed E-state index contributed by atoms with van der Waals surface area (Å²) in [6.45, 7) is 2.04. The number of aliphatic carboxylic acids is 1. The Bertz CT molecular complexity index is 409. The molecule has 1 heterocycles. The molecular weight excluding hydrogens is 248 g/mol. The Morgan fingerprint density at radius 1 is 1.42 bits per heavy atom. The molecule has 1 saturated heterocycles. The lowest BCUT2D eigenvalue weighted by Crippen LogP contribution is -2.53. The Labute approximate surface area is 111 Å². The molecule has 3 N–H and O–H groups in total. The second kappa shape index (κ2) is 5.19. The Kier molecular flexibility index (Phi) is 3.78. The Morgan fingerprint density at radius 3 is 2.74 bits per heavy atom. The molecule has 6 nitrogen and oxygen atoms in total. The Hall–Kier alpha value is -1.59. The van der Waals surface area contributed by atoms with Gasteiger partial charge in [0.15, 0.2) is 0 Å². The monoisotopic (exact) mass is 268 g/mol. The molecule has 1 aliphatic carbocycles. The van der Waals surface area contributed by atoms with Crippen molar-refractivity contribution in [2.24, 2.45) is 11.3 Å². The highest BCUT2D eigenvalue weighted by Gasteiger charge is 2.44. The fourth-order valence-electron chi connectivity index (χ4n) is 2.90. The van der Waals surface area contributed by atoms with Gasteiger partial charge in [-0.2, -0.15) is 0 Å². The first-order valence-electron chi connectivity index (χ1n) is 6.74. The van der Waals surface area contributed by atoms with Crippen molar-refractivity contribution in [3.63, 3.8) is 0 Å². The van der Waals surface area contributed by atoms with E-state index in [-0.39, 0.29) is 30.2 Å². The molecule has 0 aromatic carbocycles. The zero-order valence-electron chi connectivity index (χ0n) is 11.1. The molecule has 106 valence electrons. The number of carboxylic acids is 1. The SMILES string of the molecule is CC1(C(=O)O)CCCCC1NC(=O)C1CNC(=O)C1. The molecule has 0 bridgehead atoms. The maximum atomic E-state index is 12.1. The third-order valence-corrected chi connectivity index (χ3v) is 4.36. The second-order valence-electron chi connectivity index (χ2n) is 5.73. The molecule has 3 unspecified atom stereocenters. The van der Waals surface area contributed by atoms with E-state index < -0.39 is 11.4 Å². The van der Waals surface area contributed by atoms with Crippen molar-refractivity contribution in [1.82, 2.24) is 10.6 Å². The van der Waals surface area contributed by atoms with Crippen LogP contribution in [0.5, 0.6) is 0 Å². The molecule has 2 aliphatic rings. The maximum Gasteiger partial charge on any atom is 0.311 e. The molecule has 0 aromatic rings. The topological polar surface area (TPSA) is 95.5 Å². The fraction of sp³-hybridized carbons (Fsp3) is 0.769. The average molecular weight is 268 g/mol. The number of rotatable bonds is 3.